The van der Waals surface area contributed by atoms with Crippen LogP contribution < -0.4 is 15.0 Å². The number of anilines is 1. The molecular formula is C17H20ClFN2O. The van der Waals surface area contributed by atoms with Gasteiger partial charge in [-0.3, -0.25) is 0 Å². The highest BCUT2D eigenvalue weighted by molar-refractivity contribution is 5.85. The second kappa shape index (κ2) is 8.01. The van der Waals surface area contributed by atoms with Gasteiger partial charge in [0.25, 0.3) is 0 Å². The van der Waals surface area contributed by atoms with Crippen molar-refractivity contribution in [3.63, 3.8) is 0 Å². The Bertz CT molecular complexity index is 609. The summed E-state index contributed by atoms with van der Waals surface area (Å²) in [6, 6.07) is 14.9. The molecule has 3 rings (SSSR count). The van der Waals surface area contributed by atoms with Crippen LogP contribution in [0.4, 0.5) is 10.1 Å². The molecule has 2 aromatic carbocycles. The quantitative estimate of drug-likeness (QED) is 0.935. The normalized spacial score (nSPS) is 13.8. The van der Waals surface area contributed by atoms with E-state index < -0.39 is 0 Å². The van der Waals surface area contributed by atoms with E-state index in [1.807, 2.05) is 0 Å². The van der Waals surface area contributed by atoms with E-state index >= 15 is 0 Å². The number of hydrogen-bond donors (Lipinski definition) is 1. The molecule has 0 saturated heterocycles. The zero-order valence-electron chi connectivity index (χ0n) is 12.3. The van der Waals surface area contributed by atoms with E-state index in [1.54, 1.807) is 18.2 Å². The summed E-state index contributed by atoms with van der Waals surface area (Å²) in [5.74, 6) is 0.00849. The lowest BCUT2D eigenvalue weighted by Crippen LogP contribution is -2.32. The molecule has 0 saturated carbocycles. The summed E-state index contributed by atoms with van der Waals surface area (Å²) in [6.07, 6.45) is 0. The van der Waals surface area contributed by atoms with Gasteiger partial charge in [-0.2, -0.15) is 0 Å². The molecule has 2 aromatic rings. The van der Waals surface area contributed by atoms with Crippen molar-refractivity contribution in [3.8, 4) is 5.75 Å². The Labute approximate surface area is 136 Å². The first kappa shape index (κ1) is 16.6. The van der Waals surface area contributed by atoms with Crippen molar-refractivity contribution in [3.05, 3.63) is 59.9 Å². The third-order valence-electron chi connectivity index (χ3n) is 3.66. The standard InChI is InChI=1S/C17H19FN2O.ClH/c18-15-6-2-4-8-17(15)21-12-11-20-10-9-19-13-14-5-1-3-7-16(14)20;/h1-8,19H,9-13H2;1H. The monoisotopic (exact) mass is 322 g/mol. The van der Waals surface area contributed by atoms with E-state index in [9.17, 15) is 4.39 Å². The molecule has 3 nitrogen and oxygen atoms in total. The predicted molar refractivity (Wildman–Crippen MR) is 89.5 cm³/mol. The SMILES string of the molecule is Cl.Fc1ccccc1OCCN1CCNCc2ccccc21. The van der Waals surface area contributed by atoms with Gasteiger partial charge in [0, 0.05) is 25.3 Å². The van der Waals surface area contributed by atoms with Gasteiger partial charge in [-0.05, 0) is 23.8 Å². The van der Waals surface area contributed by atoms with E-state index in [0.29, 0.717) is 12.4 Å². The first-order valence-electron chi connectivity index (χ1n) is 7.25. The minimum absolute atomic E-state index is 0. The van der Waals surface area contributed by atoms with Gasteiger partial charge in [0.15, 0.2) is 11.6 Å². The molecule has 1 heterocycles. The molecule has 0 unspecified atom stereocenters. The number of nitrogens with one attached hydrogen (secondary N) is 1. The van der Waals surface area contributed by atoms with Gasteiger partial charge in [-0.1, -0.05) is 30.3 Å². The molecule has 0 amide bonds. The highest BCUT2D eigenvalue weighted by Gasteiger charge is 2.14. The second-order valence-electron chi connectivity index (χ2n) is 5.07. The topological polar surface area (TPSA) is 24.5 Å². The fourth-order valence-electron chi connectivity index (χ4n) is 2.59. The molecule has 0 aromatic heterocycles. The minimum Gasteiger partial charge on any atom is -0.489 e. The number of nitrogens with zero attached hydrogens (tertiary/aromatic N) is 1. The fraction of sp³-hybridized carbons (Fsp3) is 0.294. The lowest BCUT2D eigenvalue weighted by molar-refractivity contribution is 0.307. The van der Waals surface area contributed by atoms with Crippen molar-refractivity contribution in [2.75, 3.05) is 31.1 Å². The van der Waals surface area contributed by atoms with Crippen LogP contribution in [-0.4, -0.2) is 26.2 Å². The number of fused-ring (bicyclic) bond motifs is 1. The fourth-order valence-corrected chi connectivity index (χ4v) is 2.59. The molecule has 5 heteroatoms. The van der Waals surface area contributed by atoms with Crippen LogP contribution in [0.1, 0.15) is 5.56 Å². The summed E-state index contributed by atoms with van der Waals surface area (Å²) in [7, 11) is 0. The first-order chi connectivity index (χ1) is 10.3. The molecular weight excluding hydrogens is 303 g/mol. The van der Waals surface area contributed by atoms with Crippen molar-refractivity contribution in [1.82, 2.24) is 5.32 Å². The summed E-state index contributed by atoms with van der Waals surface area (Å²) in [5, 5.41) is 3.41. The van der Waals surface area contributed by atoms with E-state index in [2.05, 4.69) is 34.5 Å². The average Bonchev–Trinajstić information content (AvgIpc) is 2.72. The molecule has 0 aliphatic carbocycles. The number of halogens is 2. The molecule has 118 valence electrons. The molecule has 0 bridgehead atoms. The van der Waals surface area contributed by atoms with Crippen LogP contribution >= 0.6 is 12.4 Å². The third kappa shape index (κ3) is 3.90. The van der Waals surface area contributed by atoms with Crippen molar-refractivity contribution in [1.29, 1.82) is 0 Å². The molecule has 0 fully saturated rings. The Morgan fingerprint density at radius 2 is 1.86 bits per heavy atom. The molecule has 1 aliphatic rings. The van der Waals surface area contributed by atoms with Crippen molar-refractivity contribution < 1.29 is 9.13 Å². The Morgan fingerprint density at radius 3 is 2.73 bits per heavy atom. The molecule has 22 heavy (non-hydrogen) atoms. The second-order valence-corrected chi connectivity index (χ2v) is 5.07. The molecule has 0 spiro atoms. The van der Waals surface area contributed by atoms with E-state index in [0.717, 1.165) is 26.2 Å². The maximum absolute atomic E-state index is 13.5. The lowest BCUT2D eigenvalue weighted by atomic mass is 10.1. The summed E-state index contributed by atoms with van der Waals surface area (Å²) >= 11 is 0. The Balaban J connectivity index is 0.00000176. The smallest absolute Gasteiger partial charge is 0.165 e. The summed E-state index contributed by atoms with van der Waals surface area (Å²) < 4.78 is 19.1. The number of hydrogen-bond acceptors (Lipinski definition) is 3. The summed E-state index contributed by atoms with van der Waals surface area (Å²) in [4.78, 5) is 2.29. The van der Waals surface area contributed by atoms with E-state index in [4.69, 9.17) is 4.74 Å². The Kier molecular flexibility index (Phi) is 6.04. The lowest BCUT2D eigenvalue weighted by Gasteiger charge is -2.24. The number of para-hydroxylation sites is 2. The summed E-state index contributed by atoms with van der Waals surface area (Å²) in [5.41, 5.74) is 2.53. The maximum Gasteiger partial charge on any atom is 0.165 e. The van der Waals surface area contributed by atoms with Crippen molar-refractivity contribution >= 4 is 18.1 Å². The molecule has 0 radical (unpaired) electrons. The Hall–Kier alpha value is -1.78. The van der Waals surface area contributed by atoms with Crippen molar-refractivity contribution in [2.24, 2.45) is 0 Å². The largest absolute Gasteiger partial charge is 0.489 e. The van der Waals surface area contributed by atoms with E-state index in [1.165, 1.54) is 17.3 Å². The predicted octanol–water partition coefficient (Wildman–Crippen LogP) is 3.24. The third-order valence-corrected chi connectivity index (χ3v) is 3.66. The van der Waals surface area contributed by atoms with Crippen LogP contribution in [0.3, 0.4) is 0 Å². The van der Waals surface area contributed by atoms with Crippen LogP contribution in [0, 0.1) is 5.82 Å². The van der Waals surface area contributed by atoms with Gasteiger partial charge in [-0.15, -0.1) is 12.4 Å². The molecule has 0 atom stereocenters. The van der Waals surface area contributed by atoms with Gasteiger partial charge < -0.3 is 15.0 Å². The van der Waals surface area contributed by atoms with Gasteiger partial charge >= 0.3 is 0 Å². The molecule has 1 N–H and O–H groups in total. The van der Waals surface area contributed by atoms with Gasteiger partial charge in [0.05, 0.1) is 6.54 Å². The van der Waals surface area contributed by atoms with Crippen LogP contribution in [-0.2, 0) is 6.54 Å². The number of ether oxygens (including phenoxy) is 1. The average molecular weight is 323 g/mol. The van der Waals surface area contributed by atoms with Crippen LogP contribution in [0.2, 0.25) is 0 Å². The summed E-state index contributed by atoms with van der Waals surface area (Å²) in [6.45, 7) is 3.97. The van der Waals surface area contributed by atoms with Gasteiger partial charge in [0.1, 0.15) is 6.61 Å². The van der Waals surface area contributed by atoms with Crippen LogP contribution in [0.25, 0.3) is 0 Å². The number of rotatable bonds is 4. The molecule has 1 aliphatic heterocycles. The van der Waals surface area contributed by atoms with Crippen molar-refractivity contribution in [2.45, 2.75) is 6.54 Å². The highest BCUT2D eigenvalue weighted by atomic mass is 35.5. The maximum atomic E-state index is 13.5. The first-order valence-corrected chi connectivity index (χ1v) is 7.25. The van der Waals surface area contributed by atoms with E-state index in [-0.39, 0.29) is 18.2 Å². The zero-order chi connectivity index (χ0) is 14.5. The number of benzene rings is 2. The van der Waals surface area contributed by atoms with Gasteiger partial charge in [0.2, 0.25) is 0 Å². The van der Waals surface area contributed by atoms with Gasteiger partial charge in [-0.25, -0.2) is 4.39 Å². The highest BCUT2D eigenvalue weighted by Crippen LogP contribution is 2.22. The zero-order valence-corrected chi connectivity index (χ0v) is 13.1. The minimum atomic E-state index is -0.310. The van der Waals surface area contributed by atoms with Crippen LogP contribution in [0.15, 0.2) is 48.5 Å². The van der Waals surface area contributed by atoms with Crippen LogP contribution in [0.5, 0.6) is 5.75 Å². The Morgan fingerprint density at radius 1 is 1.09 bits per heavy atom.